The van der Waals surface area contributed by atoms with Gasteiger partial charge in [-0.15, -0.1) is 0 Å². The van der Waals surface area contributed by atoms with Crippen LogP contribution in [0.2, 0.25) is 10.0 Å². The van der Waals surface area contributed by atoms with Gasteiger partial charge >= 0.3 is 0 Å². The fourth-order valence-electron chi connectivity index (χ4n) is 2.37. The molecule has 1 fully saturated rings. The molecular weight excluding hydrogens is 257 g/mol. The van der Waals surface area contributed by atoms with Gasteiger partial charge in [0.2, 0.25) is 0 Å². The van der Waals surface area contributed by atoms with Gasteiger partial charge in [0.15, 0.2) is 0 Å². The van der Waals surface area contributed by atoms with Crippen molar-refractivity contribution in [1.82, 2.24) is 5.32 Å². The van der Waals surface area contributed by atoms with Gasteiger partial charge in [0.25, 0.3) is 0 Å². The van der Waals surface area contributed by atoms with Crippen LogP contribution in [0, 0.1) is 5.92 Å². The lowest BCUT2D eigenvalue weighted by molar-refractivity contribution is 0.0342. The minimum Gasteiger partial charge on any atom is -0.381 e. The molecular formula is C13H17Cl2NO. The standard InChI is InChI=1S/C13H17Cl2NO/c1-16-12-5-6-17-8-10(12)7-9-3-2-4-11(14)13(9)15/h2-4,10,12,16H,5-8H2,1H3. The number of halogens is 2. The summed E-state index contributed by atoms with van der Waals surface area (Å²) < 4.78 is 5.54. The number of ether oxygens (including phenoxy) is 1. The molecule has 0 bridgehead atoms. The Hall–Kier alpha value is -0.280. The maximum Gasteiger partial charge on any atom is 0.0624 e. The summed E-state index contributed by atoms with van der Waals surface area (Å²) >= 11 is 12.2. The first-order valence-electron chi connectivity index (χ1n) is 5.90. The van der Waals surface area contributed by atoms with Crippen molar-refractivity contribution in [2.24, 2.45) is 5.92 Å². The molecule has 1 saturated heterocycles. The van der Waals surface area contributed by atoms with Gasteiger partial charge in [-0.1, -0.05) is 35.3 Å². The number of hydrogen-bond donors (Lipinski definition) is 1. The van der Waals surface area contributed by atoms with Crippen LogP contribution in [0.4, 0.5) is 0 Å². The molecule has 0 radical (unpaired) electrons. The molecule has 1 aliphatic rings. The number of nitrogens with one attached hydrogen (secondary N) is 1. The Bertz CT molecular complexity index is 384. The van der Waals surface area contributed by atoms with Crippen molar-refractivity contribution in [2.75, 3.05) is 20.3 Å². The van der Waals surface area contributed by atoms with E-state index in [0.717, 1.165) is 31.6 Å². The predicted octanol–water partition coefficient (Wildman–Crippen LogP) is 3.16. The molecule has 0 aliphatic carbocycles. The molecule has 0 amide bonds. The molecule has 1 aliphatic heterocycles. The van der Waals surface area contributed by atoms with E-state index in [4.69, 9.17) is 27.9 Å². The maximum absolute atomic E-state index is 6.21. The topological polar surface area (TPSA) is 21.3 Å². The second-order valence-corrected chi connectivity index (χ2v) is 5.22. The van der Waals surface area contributed by atoms with Crippen LogP contribution in [-0.2, 0) is 11.2 Å². The SMILES string of the molecule is CNC1CCOCC1Cc1cccc(Cl)c1Cl. The lowest BCUT2D eigenvalue weighted by Crippen LogP contribution is -2.41. The zero-order chi connectivity index (χ0) is 12.3. The molecule has 2 unspecified atom stereocenters. The van der Waals surface area contributed by atoms with Gasteiger partial charge in [-0.25, -0.2) is 0 Å². The van der Waals surface area contributed by atoms with Crippen LogP contribution in [-0.4, -0.2) is 26.3 Å². The number of rotatable bonds is 3. The lowest BCUT2D eigenvalue weighted by atomic mass is 9.89. The first kappa shape index (κ1) is 13.2. The highest BCUT2D eigenvalue weighted by Crippen LogP contribution is 2.29. The molecule has 2 rings (SSSR count). The summed E-state index contributed by atoms with van der Waals surface area (Å²) in [5, 5.41) is 4.65. The Labute approximate surface area is 112 Å². The summed E-state index contributed by atoms with van der Waals surface area (Å²) in [6.07, 6.45) is 1.96. The summed E-state index contributed by atoms with van der Waals surface area (Å²) in [5.74, 6) is 0.463. The highest BCUT2D eigenvalue weighted by molar-refractivity contribution is 6.42. The zero-order valence-corrected chi connectivity index (χ0v) is 11.4. The molecule has 0 spiro atoms. The Balaban J connectivity index is 2.11. The fourth-order valence-corrected chi connectivity index (χ4v) is 2.76. The average Bonchev–Trinajstić information content (AvgIpc) is 2.35. The Morgan fingerprint density at radius 1 is 1.41 bits per heavy atom. The molecule has 1 heterocycles. The summed E-state index contributed by atoms with van der Waals surface area (Å²) in [5.41, 5.74) is 1.11. The van der Waals surface area contributed by atoms with Gasteiger partial charge in [0, 0.05) is 18.6 Å². The van der Waals surface area contributed by atoms with Crippen molar-refractivity contribution in [1.29, 1.82) is 0 Å². The van der Waals surface area contributed by atoms with Gasteiger partial charge in [-0.2, -0.15) is 0 Å². The third-order valence-electron chi connectivity index (χ3n) is 3.36. The second-order valence-electron chi connectivity index (χ2n) is 4.44. The summed E-state index contributed by atoms with van der Waals surface area (Å²) in [7, 11) is 2.00. The third-order valence-corrected chi connectivity index (χ3v) is 4.22. The molecule has 17 heavy (non-hydrogen) atoms. The monoisotopic (exact) mass is 273 g/mol. The zero-order valence-electron chi connectivity index (χ0n) is 9.88. The molecule has 0 aromatic heterocycles. The van der Waals surface area contributed by atoms with E-state index in [1.807, 2.05) is 25.2 Å². The van der Waals surface area contributed by atoms with Crippen molar-refractivity contribution >= 4 is 23.2 Å². The van der Waals surface area contributed by atoms with E-state index in [0.29, 0.717) is 22.0 Å². The second kappa shape index (κ2) is 6.05. The van der Waals surface area contributed by atoms with Crippen LogP contribution in [0.15, 0.2) is 18.2 Å². The van der Waals surface area contributed by atoms with Gasteiger partial charge in [-0.05, 0) is 31.5 Å². The molecule has 2 nitrogen and oxygen atoms in total. The highest BCUT2D eigenvalue weighted by atomic mass is 35.5. The van der Waals surface area contributed by atoms with Crippen LogP contribution in [0.1, 0.15) is 12.0 Å². The van der Waals surface area contributed by atoms with E-state index >= 15 is 0 Å². The van der Waals surface area contributed by atoms with Gasteiger partial charge in [-0.3, -0.25) is 0 Å². The Morgan fingerprint density at radius 2 is 2.24 bits per heavy atom. The van der Waals surface area contributed by atoms with E-state index in [1.165, 1.54) is 0 Å². The number of benzene rings is 1. The Morgan fingerprint density at radius 3 is 3.00 bits per heavy atom. The van der Waals surface area contributed by atoms with Crippen molar-refractivity contribution in [3.8, 4) is 0 Å². The van der Waals surface area contributed by atoms with E-state index in [1.54, 1.807) is 0 Å². The van der Waals surface area contributed by atoms with E-state index in [-0.39, 0.29) is 0 Å². The molecule has 4 heteroatoms. The minimum absolute atomic E-state index is 0.463. The molecule has 2 atom stereocenters. The van der Waals surface area contributed by atoms with Crippen LogP contribution in [0.5, 0.6) is 0 Å². The lowest BCUT2D eigenvalue weighted by Gasteiger charge is -2.31. The Kier molecular flexibility index (Phi) is 4.69. The van der Waals surface area contributed by atoms with Crippen LogP contribution >= 0.6 is 23.2 Å². The molecule has 0 saturated carbocycles. The largest absolute Gasteiger partial charge is 0.381 e. The first-order chi connectivity index (χ1) is 8.22. The summed E-state index contributed by atoms with van der Waals surface area (Å²) in [4.78, 5) is 0. The molecule has 1 aromatic carbocycles. The minimum atomic E-state index is 0.463. The summed E-state index contributed by atoms with van der Waals surface area (Å²) in [6, 6.07) is 6.30. The van der Waals surface area contributed by atoms with E-state index < -0.39 is 0 Å². The van der Waals surface area contributed by atoms with Crippen LogP contribution in [0.25, 0.3) is 0 Å². The predicted molar refractivity (Wildman–Crippen MR) is 71.9 cm³/mol. The molecule has 1 N–H and O–H groups in total. The van der Waals surface area contributed by atoms with Crippen molar-refractivity contribution in [2.45, 2.75) is 18.9 Å². The summed E-state index contributed by atoms with van der Waals surface area (Å²) in [6.45, 7) is 1.62. The van der Waals surface area contributed by atoms with Crippen molar-refractivity contribution < 1.29 is 4.74 Å². The average molecular weight is 274 g/mol. The smallest absolute Gasteiger partial charge is 0.0624 e. The normalized spacial score (nSPS) is 24.9. The van der Waals surface area contributed by atoms with Crippen molar-refractivity contribution in [3.05, 3.63) is 33.8 Å². The fraction of sp³-hybridized carbons (Fsp3) is 0.538. The van der Waals surface area contributed by atoms with Gasteiger partial charge in [0.05, 0.1) is 16.7 Å². The van der Waals surface area contributed by atoms with Gasteiger partial charge < -0.3 is 10.1 Å². The third kappa shape index (κ3) is 3.14. The van der Waals surface area contributed by atoms with Crippen LogP contribution in [0.3, 0.4) is 0 Å². The van der Waals surface area contributed by atoms with E-state index in [9.17, 15) is 0 Å². The quantitative estimate of drug-likeness (QED) is 0.914. The first-order valence-corrected chi connectivity index (χ1v) is 6.66. The van der Waals surface area contributed by atoms with Gasteiger partial charge in [0.1, 0.15) is 0 Å². The van der Waals surface area contributed by atoms with Crippen LogP contribution < -0.4 is 5.32 Å². The molecule has 94 valence electrons. The van der Waals surface area contributed by atoms with Crippen molar-refractivity contribution in [3.63, 3.8) is 0 Å². The van der Waals surface area contributed by atoms with E-state index in [2.05, 4.69) is 5.32 Å². The molecule has 1 aromatic rings. The highest BCUT2D eigenvalue weighted by Gasteiger charge is 2.25. The maximum atomic E-state index is 6.21. The number of hydrogen-bond acceptors (Lipinski definition) is 2.